The molecule has 0 spiro atoms. The summed E-state index contributed by atoms with van der Waals surface area (Å²) in [6, 6.07) is 63.3. The number of rotatable bonds is 8. The van der Waals surface area contributed by atoms with Gasteiger partial charge in [-0.15, -0.1) is 0 Å². The summed E-state index contributed by atoms with van der Waals surface area (Å²) in [7, 11) is -1.36. The molecule has 0 N–H and O–H groups in total. The van der Waals surface area contributed by atoms with Gasteiger partial charge in [-0.25, -0.2) is 0 Å². The van der Waals surface area contributed by atoms with E-state index in [0.717, 1.165) is 0 Å². The van der Waals surface area contributed by atoms with Crippen molar-refractivity contribution < 1.29 is 46.1 Å². The number of hydrogen-bond donors (Lipinski definition) is 0. The molecule has 234 valence electrons. The predicted octanol–water partition coefficient (Wildman–Crippen LogP) is 3.50. The normalized spacial score (nSPS) is 15.7. The van der Waals surface area contributed by atoms with Gasteiger partial charge in [-0.3, -0.25) is 0 Å². The van der Waals surface area contributed by atoms with Crippen molar-refractivity contribution in [2.45, 2.75) is 11.3 Å². The molecule has 0 saturated heterocycles. The maximum absolute atomic E-state index is 5.29. The first-order valence-electron chi connectivity index (χ1n) is 15.9. The molecule has 0 aromatic heterocycles. The van der Waals surface area contributed by atoms with Gasteiger partial charge < -0.3 is 24.8 Å². The van der Waals surface area contributed by atoms with E-state index in [4.69, 9.17) is 4.21 Å². The van der Waals surface area contributed by atoms with Crippen molar-refractivity contribution >= 4 is 53.4 Å². The van der Waals surface area contributed by atoms with Gasteiger partial charge in [-0.2, -0.15) is 0 Å². The van der Waals surface area contributed by atoms with Crippen LogP contribution >= 0.6 is 15.8 Å². The molecule has 5 heteroatoms. The van der Waals surface area contributed by atoms with Crippen molar-refractivity contribution in [1.82, 2.24) is 0 Å². The third-order valence-corrected chi connectivity index (χ3v) is 21.5. The fourth-order valence-electron chi connectivity index (χ4n) is 7.09. The van der Waals surface area contributed by atoms with Gasteiger partial charge in [0.05, 0.1) is 0 Å². The van der Waals surface area contributed by atoms with Crippen LogP contribution in [0.4, 0.5) is 0 Å². The molecular weight excluding hydrogens is 741 g/mol. The summed E-state index contributed by atoms with van der Waals surface area (Å²) in [5, 5.41) is 5.74. The fourth-order valence-corrected chi connectivity index (χ4v) is 21.2. The van der Waals surface area contributed by atoms with Crippen LogP contribution in [0.25, 0.3) is 12.2 Å². The molecule has 2 aliphatic carbocycles. The van der Waals surface area contributed by atoms with Gasteiger partial charge in [-0.1, -0.05) is 0 Å². The Morgan fingerprint density at radius 3 is 0.958 bits per heavy atom. The maximum atomic E-state index is 5.29. The number of halogens is 2. The monoisotopic (exact) mass is 772 g/mol. The van der Waals surface area contributed by atoms with E-state index in [1.807, 2.05) is 0 Å². The summed E-state index contributed by atoms with van der Waals surface area (Å²) in [4.78, 5) is 0. The van der Waals surface area contributed by atoms with E-state index in [-0.39, 0.29) is 24.8 Å². The smallest absolute Gasteiger partial charge is 1.00 e. The Bertz CT molecular complexity index is 1850. The van der Waals surface area contributed by atoms with Crippen molar-refractivity contribution in [3.05, 3.63) is 199 Å². The Morgan fingerprint density at radius 1 is 0.375 bits per heavy atom. The Morgan fingerprint density at radius 2 is 0.646 bits per heavy atom. The quantitative estimate of drug-likeness (QED) is 0.208. The largest absolute Gasteiger partial charge is 1.00 e. The van der Waals surface area contributed by atoms with Crippen molar-refractivity contribution in [3.8, 4) is 0 Å². The zero-order valence-corrected chi connectivity index (χ0v) is 32.1. The van der Waals surface area contributed by atoms with Crippen LogP contribution in [-0.2, 0) is 21.3 Å². The summed E-state index contributed by atoms with van der Waals surface area (Å²) < 4.78 is 8.54. The molecule has 48 heavy (non-hydrogen) atoms. The zero-order valence-electron chi connectivity index (χ0n) is 26.3. The third kappa shape index (κ3) is 6.62. The SMILES string of the molecule is [CH2]=[Zr+2]([C]1=Cc2ccccc2C1P(c1ccccc1)c1ccccc1)[C]1=Cc2ccccc2C1P(c1ccccc1)c1ccccc1.[Cl-].[Cl-]. The average Bonchev–Trinajstić information content (AvgIpc) is 3.70. The van der Waals surface area contributed by atoms with Crippen LogP contribution in [0.5, 0.6) is 0 Å². The van der Waals surface area contributed by atoms with Crippen LogP contribution in [0, 0.1) is 0 Å². The van der Waals surface area contributed by atoms with E-state index in [0.29, 0.717) is 11.3 Å². The first kappa shape index (κ1) is 34.8. The third-order valence-electron chi connectivity index (χ3n) is 9.14. The van der Waals surface area contributed by atoms with E-state index in [9.17, 15) is 0 Å². The fraction of sp³-hybridized carbons (Fsp3) is 0.0465. The molecule has 0 fully saturated rings. The van der Waals surface area contributed by atoms with Crippen molar-refractivity contribution in [2.75, 3.05) is 0 Å². The summed E-state index contributed by atoms with van der Waals surface area (Å²) in [5.41, 5.74) is 6.35. The van der Waals surface area contributed by atoms with Gasteiger partial charge in [0.25, 0.3) is 0 Å². The van der Waals surface area contributed by atoms with Crippen molar-refractivity contribution in [3.63, 3.8) is 0 Å². The van der Waals surface area contributed by atoms with Crippen molar-refractivity contribution in [2.24, 2.45) is 0 Å². The van der Waals surface area contributed by atoms with E-state index in [2.05, 4.69) is 182 Å². The summed E-state index contributed by atoms with van der Waals surface area (Å²) in [6.45, 7) is 0. The Labute approximate surface area is 307 Å². The minimum absolute atomic E-state index is 0. The van der Waals surface area contributed by atoms with Gasteiger partial charge >= 0.3 is 285 Å². The molecule has 0 aliphatic heterocycles. The standard InChI is InChI=1S/2C21H16P.CH2.2ClH.Zr/c2*1-3-10-18(11-4-1)22(19-12-5-2-6-13-19)21-16-15-17-9-7-8-14-20(17)21;;;;/h2*1-15,21H;1H2;2*1H;/q;;;;;+2/p-2. The Balaban J connectivity index is 0.00000201. The minimum atomic E-state index is -2.69. The van der Waals surface area contributed by atoms with Crippen LogP contribution in [-0.4, -0.2) is 4.21 Å². The van der Waals surface area contributed by atoms with Gasteiger partial charge in [0.2, 0.25) is 0 Å². The molecule has 6 aromatic rings. The van der Waals surface area contributed by atoms with Crippen LogP contribution in [0.15, 0.2) is 176 Å². The zero-order chi connectivity index (χ0) is 30.9. The number of allylic oxidation sites excluding steroid dienone is 2. The number of benzene rings is 6. The van der Waals surface area contributed by atoms with Gasteiger partial charge in [0.1, 0.15) is 0 Å². The Kier molecular flexibility index (Phi) is 11.4. The molecule has 0 heterocycles. The molecule has 2 aliphatic rings. The van der Waals surface area contributed by atoms with Gasteiger partial charge in [0, 0.05) is 0 Å². The van der Waals surface area contributed by atoms with E-state index < -0.39 is 37.1 Å². The molecule has 0 amide bonds. The van der Waals surface area contributed by atoms with Crippen LogP contribution in [0.2, 0.25) is 0 Å². The summed E-state index contributed by atoms with van der Waals surface area (Å²) in [5.74, 6) is 0. The first-order valence-corrected chi connectivity index (χ1v) is 22.9. The summed E-state index contributed by atoms with van der Waals surface area (Å²) >= 11 is -2.69. The number of fused-ring (bicyclic) bond motifs is 2. The van der Waals surface area contributed by atoms with Gasteiger partial charge in [0.15, 0.2) is 0 Å². The molecule has 0 radical (unpaired) electrons. The van der Waals surface area contributed by atoms with Crippen molar-refractivity contribution in [1.29, 1.82) is 0 Å². The maximum Gasteiger partial charge on any atom is -1.00 e. The van der Waals surface area contributed by atoms with Gasteiger partial charge in [-0.05, 0) is 0 Å². The van der Waals surface area contributed by atoms with Crippen LogP contribution in [0.3, 0.4) is 0 Å². The molecule has 6 aromatic carbocycles. The first-order chi connectivity index (χ1) is 22.8. The molecule has 2 atom stereocenters. The van der Waals surface area contributed by atoms with E-state index >= 15 is 0 Å². The topological polar surface area (TPSA) is 0 Å². The second-order valence-electron chi connectivity index (χ2n) is 11.8. The number of hydrogen-bond acceptors (Lipinski definition) is 0. The molecule has 0 bridgehead atoms. The molecule has 0 nitrogen and oxygen atoms in total. The van der Waals surface area contributed by atoms with Crippen LogP contribution in [0.1, 0.15) is 33.6 Å². The summed E-state index contributed by atoms with van der Waals surface area (Å²) in [6.07, 6.45) is 5.13. The molecular formula is C43H34Cl2P2Zr. The predicted molar refractivity (Wildman–Crippen MR) is 200 cm³/mol. The van der Waals surface area contributed by atoms with E-state index in [1.54, 1.807) is 6.56 Å². The van der Waals surface area contributed by atoms with Crippen LogP contribution < -0.4 is 46.0 Å². The average molecular weight is 775 g/mol. The molecule has 8 rings (SSSR count). The minimum Gasteiger partial charge on any atom is -1.00 e. The second-order valence-corrected chi connectivity index (χ2v) is 21.6. The Hall–Kier alpha value is -3.01. The molecule has 0 saturated carbocycles. The second kappa shape index (κ2) is 15.7. The molecule has 2 unspecified atom stereocenters. The van der Waals surface area contributed by atoms with E-state index in [1.165, 1.54) is 43.5 Å².